The lowest BCUT2D eigenvalue weighted by molar-refractivity contribution is 1.13. The second-order valence-electron chi connectivity index (χ2n) is 2.53. The molecule has 0 amide bonds. The minimum atomic E-state index is 0.463. The summed E-state index contributed by atoms with van der Waals surface area (Å²) >= 11 is 7.26. The summed E-state index contributed by atoms with van der Waals surface area (Å²) in [7, 11) is 0. The number of hydrogen-bond acceptors (Lipinski definition) is 3. The Hall–Kier alpha value is -0.930. The van der Waals surface area contributed by atoms with Gasteiger partial charge in [0.2, 0.25) is 0 Å². The molecule has 66 valence electrons. The standard InChI is InChI=1S/C9H7ClN2S/c10-4-7-5-11-9(12-6-7)8-2-1-3-13-8/h1-3,5-6H,4H2. The highest BCUT2D eigenvalue weighted by molar-refractivity contribution is 7.13. The van der Waals surface area contributed by atoms with Gasteiger partial charge in [-0.25, -0.2) is 9.97 Å². The highest BCUT2D eigenvalue weighted by atomic mass is 35.5. The van der Waals surface area contributed by atoms with Crippen LogP contribution in [0, 0.1) is 0 Å². The first-order valence-electron chi connectivity index (χ1n) is 3.81. The zero-order valence-corrected chi connectivity index (χ0v) is 8.35. The van der Waals surface area contributed by atoms with Crippen molar-refractivity contribution in [2.24, 2.45) is 0 Å². The van der Waals surface area contributed by atoms with Crippen LogP contribution in [0.2, 0.25) is 0 Å². The predicted octanol–water partition coefficient (Wildman–Crippen LogP) is 2.94. The first-order valence-corrected chi connectivity index (χ1v) is 5.22. The molecule has 0 unspecified atom stereocenters. The number of thiophene rings is 1. The van der Waals surface area contributed by atoms with Crippen molar-refractivity contribution >= 4 is 22.9 Å². The zero-order chi connectivity index (χ0) is 9.10. The molecule has 2 nitrogen and oxygen atoms in total. The van der Waals surface area contributed by atoms with Crippen LogP contribution >= 0.6 is 22.9 Å². The summed E-state index contributed by atoms with van der Waals surface area (Å²) in [6, 6.07) is 3.99. The molecular weight excluding hydrogens is 204 g/mol. The van der Waals surface area contributed by atoms with Crippen LogP contribution in [0.25, 0.3) is 10.7 Å². The van der Waals surface area contributed by atoms with E-state index in [2.05, 4.69) is 9.97 Å². The van der Waals surface area contributed by atoms with Crippen molar-refractivity contribution in [3.05, 3.63) is 35.5 Å². The molecule has 0 aromatic carbocycles. The second-order valence-corrected chi connectivity index (χ2v) is 3.74. The molecule has 0 radical (unpaired) electrons. The smallest absolute Gasteiger partial charge is 0.169 e. The van der Waals surface area contributed by atoms with Crippen LogP contribution in [0.15, 0.2) is 29.9 Å². The zero-order valence-electron chi connectivity index (χ0n) is 6.77. The van der Waals surface area contributed by atoms with Gasteiger partial charge in [0, 0.05) is 18.0 Å². The van der Waals surface area contributed by atoms with E-state index in [0.29, 0.717) is 5.88 Å². The lowest BCUT2D eigenvalue weighted by atomic mass is 10.4. The van der Waals surface area contributed by atoms with E-state index in [1.54, 1.807) is 23.7 Å². The third-order valence-electron chi connectivity index (χ3n) is 1.60. The Morgan fingerprint density at radius 1 is 1.31 bits per heavy atom. The summed E-state index contributed by atoms with van der Waals surface area (Å²) in [6.07, 6.45) is 3.52. The summed E-state index contributed by atoms with van der Waals surface area (Å²) in [6.45, 7) is 0. The maximum absolute atomic E-state index is 5.63. The molecule has 0 saturated heterocycles. The molecule has 0 N–H and O–H groups in total. The monoisotopic (exact) mass is 210 g/mol. The molecule has 2 heterocycles. The minimum Gasteiger partial charge on any atom is -0.236 e. The van der Waals surface area contributed by atoms with Gasteiger partial charge in [0.1, 0.15) is 0 Å². The highest BCUT2D eigenvalue weighted by Gasteiger charge is 2.00. The van der Waals surface area contributed by atoms with Gasteiger partial charge < -0.3 is 0 Å². The van der Waals surface area contributed by atoms with Gasteiger partial charge >= 0.3 is 0 Å². The Morgan fingerprint density at radius 2 is 2.08 bits per heavy atom. The first kappa shape index (κ1) is 8.66. The number of hydrogen-bond donors (Lipinski definition) is 0. The van der Waals surface area contributed by atoms with E-state index in [4.69, 9.17) is 11.6 Å². The molecule has 0 fully saturated rings. The van der Waals surface area contributed by atoms with Crippen LogP contribution in [0.3, 0.4) is 0 Å². The van der Waals surface area contributed by atoms with Gasteiger partial charge in [0.25, 0.3) is 0 Å². The van der Waals surface area contributed by atoms with Crippen molar-refractivity contribution in [2.45, 2.75) is 5.88 Å². The van der Waals surface area contributed by atoms with Gasteiger partial charge in [-0.1, -0.05) is 6.07 Å². The van der Waals surface area contributed by atoms with Crippen LogP contribution in [-0.4, -0.2) is 9.97 Å². The van der Waals surface area contributed by atoms with Crippen LogP contribution in [0.4, 0.5) is 0 Å². The fourth-order valence-corrected chi connectivity index (χ4v) is 1.77. The van der Waals surface area contributed by atoms with Crippen molar-refractivity contribution in [2.75, 3.05) is 0 Å². The van der Waals surface area contributed by atoms with E-state index in [9.17, 15) is 0 Å². The maximum atomic E-state index is 5.63. The van der Waals surface area contributed by atoms with Gasteiger partial charge in [-0.2, -0.15) is 0 Å². The maximum Gasteiger partial charge on any atom is 0.169 e. The average Bonchev–Trinajstić information content (AvgIpc) is 2.71. The van der Waals surface area contributed by atoms with Gasteiger partial charge in [-0.15, -0.1) is 22.9 Å². The second kappa shape index (κ2) is 3.85. The number of nitrogens with zero attached hydrogens (tertiary/aromatic N) is 2. The molecule has 0 atom stereocenters. The molecule has 0 aliphatic rings. The molecular formula is C9H7ClN2S. The third-order valence-corrected chi connectivity index (χ3v) is 2.78. The van der Waals surface area contributed by atoms with Crippen molar-refractivity contribution in [3.8, 4) is 10.7 Å². The molecule has 0 aliphatic heterocycles. The molecule has 0 aliphatic carbocycles. The van der Waals surface area contributed by atoms with Crippen LogP contribution in [-0.2, 0) is 5.88 Å². The van der Waals surface area contributed by atoms with E-state index in [1.807, 2.05) is 17.5 Å². The minimum absolute atomic E-state index is 0.463. The van der Waals surface area contributed by atoms with E-state index < -0.39 is 0 Å². The number of alkyl halides is 1. The average molecular weight is 211 g/mol. The molecule has 0 saturated carbocycles. The number of halogens is 1. The van der Waals surface area contributed by atoms with Crippen molar-refractivity contribution in [1.29, 1.82) is 0 Å². The fourth-order valence-electron chi connectivity index (χ4n) is 0.957. The van der Waals surface area contributed by atoms with E-state index >= 15 is 0 Å². The predicted molar refractivity (Wildman–Crippen MR) is 54.9 cm³/mol. The molecule has 2 aromatic rings. The number of rotatable bonds is 2. The lowest BCUT2D eigenvalue weighted by Crippen LogP contribution is -1.88. The molecule has 0 bridgehead atoms. The van der Waals surface area contributed by atoms with Gasteiger partial charge in [0.15, 0.2) is 5.82 Å². The van der Waals surface area contributed by atoms with E-state index in [0.717, 1.165) is 16.3 Å². The quantitative estimate of drug-likeness (QED) is 0.713. The fraction of sp³-hybridized carbons (Fsp3) is 0.111. The molecule has 0 spiro atoms. The topological polar surface area (TPSA) is 25.8 Å². The van der Waals surface area contributed by atoms with Crippen LogP contribution in [0.5, 0.6) is 0 Å². The van der Waals surface area contributed by atoms with E-state index in [-0.39, 0.29) is 0 Å². The van der Waals surface area contributed by atoms with Crippen LogP contribution < -0.4 is 0 Å². The largest absolute Gasteiger partial charge is 0.236 e. The van der Waals surface area contributed by atoms with Gasteiger partial charge in [0.05, 0.1) is 10.8 Å². The van der Waals surface area contributed by atoms with E-state index in [1.165, 1.54) is 0 Å². The lowest BCUT2D eigenvalue weighted by Gasteiger charge is -1.96. The number of aromatic nitrogens is 2. The summed E-state index contributed by atoms with van der Waals surface area (Å²) in [5.41, 5.74) is 0.946. The van der Waals surface area contributed by atoms with Crippen LogP contribution in [0.1, 0.15) is 5.56 Å². The Balaban J connectivity index is 2.33. The first-order chi connectivity index (χ1) is 6.40. The molecule has 13 heavy (non-hydrogen) atoms. The Kier molecular flexibility index (Phi) is 2.57. The Labute approximate surface area is 85.2 Å². The van der Waals surface area contributed by atoms with Crippen molar-refractivity contribution in [3.63, 3.8) is 0 Å². The summed E-state index contributed by atoms with van der Waals surface area (Å²) < 4.78 is 0. The SMILES string of the molecule is ClCc1cnc(-c2cccs2)nc1. The highest BCUT2D eigenvalue weighted by Crippen LogP contribution is 2.20. The van der Waals surface area contributed by atoms with Gasteiger partial charge in [-0.3, -0.25) is 0 Å². The summed E-state index contributed by atoms with van der Waals surface area (Å²) in [5, 5.41) is 2.01. The van der Waals surface area contributed by atoms with Crippen molar-refractivity contribution in [1.82, 2.24) is 9.97 Å². The summed E-state index contributed by atoms with van der Waals surface area (Å²) in [5.74, 6) is 1.23. The Morgan fingerprint density at radius 3 is 2.62 bits per heavy atom. The molecule has 2 rings (SSSR count). The molecule has 4 heteroatoms. The normalized spacial score (nSPS) is 10.2. The molecule has 2 aromatic heterocycles. The third kappa shape index (κ3) is 1.87. The Bertz CT molecular complexity index is 369. The van der Waals surface area contributed by atoms with Crippen molar-refractivity contribution < 1.29 is 0 Å². The summed E-state index contributed by atoms with van der Waals surface area (Å²) in [4.78, 5) is 9.50. The van der Waals surface area contributed by atoms with Gasteiger partial charge in [-0.05, 0) is 11.4 Å².